The van der Waals surface area contributed by atoms with Gasteiger partial charge in [0.2, 0.25) is 0 Å². The number of phenolic OH excluding ortho intramolecular Hbond substituents is 1. The molecular formula is C15H19N3O3. The van der Waals surface area contributed by atoms with Crippen molar-refractivity contribution in [2.75, 3.05) is 29.9 Å². The van der Waals surface area contributed by atoms with Crippen molar-refractivity contribution in [3.63, 3.8) is 0 Å². The Morgan fingerprint density at radius 3 is 2.52 bits per heavy atom. The minimum Gasteiger partial charge on any atom is -0.508 e. The van der Waals surface area contributed by atoms with Gasteiger partial charge in [0.1, 0.15) is 5.75 Å². The zero-order valence-electron chi connectivity index (χ0n) is 11.5. The minimum absolute atomic E-state index is 0.0680. The largest absolute Gasteiger partial charge is 0.508 e. The third-order valence-corrected chi connectivity index (χ3v) is 3.06. The van der Waals surface area contributed by atoms with Crippen LogP contribution in [0.5, 0.6) is 5.75 Å². The molecule has 112 valence electrons. The van der Waals surface area contributed by atoms with Gasteiger partial charge in [-0.3, -0.25) is 0 Å². The number of benzene rings is 2. The zero-order valence-corrected chi connectivity index (χ0v) is 11.5. The van der Waals surface area contributed by atoms with Crippen LogP contribution >= 0.6 is 0 Å². The van der Waals surface area contributed by atoms with E-state index in [9.17, 15) is 10.2 Å². The Bertz CT molecular complexity index is 611. The van der Waals surface area contributed by atoms with Crippen LogP contribution in [0, 0.1) is 0 Å². The maximum absolute atomic E-state index is 9.63. The van der Waals surface area contributed by atoms with E-state index < -0.39 is 6.10 Å². The Morgan fingerprint density at radius 2 is 1.86 bits per heavy atom. The summed E-state index contributed by atoms with van der Waals surface area (Å²) in [6, 6.07) is 10.1. The second-order valence-electron chi connectivity index (χ2n) is 4.83. The number of nitrogens with one attached hydrogen (secondary N) is 1. The lowest BCUT2D eigenvalue weighted by molar-refractivity contribution is 0.105. The second-order valence-corrected chi connectivity index (χ2v) is 4.83. The lowest BCUT2D eigenvalue weighted by Crippen LogP contribution is -2.22. The van der Waals surface area contributed by atoms with E-state index in [0.29, 0.717) is 16.9 Å². The van der Waals surface area contributed by atoms with E-state index in [2.05, 4.69) is 5.32 Å². The smallest absolute Gasteiger partial charge is 0.118 e. The molecule has 8 N–H and O–H groups in total. The van der Waals surface area contributed by atoms with Gasteiger partial charge in [0.05, 0.1) is 12.7 Å². The Morgan fingerprint density at radius 1 is 1.10 bits per heavy atom. The molecule has 0 heterocycles. The summed E-state index contributed by atoms with van der Waals surface area (Å²) in [5.74, 6) is 0.0680. The van der Waals surface area contributed by atoms with Crippen LogP contribution in [0.25, 0.3) is 11.1 Å². The minimum atomic E-state index is -0.831. The summed E-state index contributed by atoms with van der Waals surface area (Å²) < 4.78 is 0. The molecular weight excluding hydrogens is 270 g/mol. The van der Waals surface area contributed by atoms with Gasteiger partial charge in [-0.05, 0) is 35.9 Å². The monoisotopic (exact) mass is 289 g/mol. The van der Waals surface area contributed by atoms with E-state index in [1.54, 1.807) is 30.3 Å². The van der Waals surface area contributed by atoms with Crippen LogP contribution in [-0.4, -0.2) is 34.6 Å². The second kappa shape index (κ2) is 6.34. The molecule has 2 rings (SSSR count). The topological polar surface area (TPSA) is 125 Å². The molecule has 0 saturated carbocycles. The van der Waals surface area contributed by atoms with Gasteiger partial charge in [-0.1, -0.05) is 0 Å². The highest BCUT2D eigenvalue weighted by Gasteiger charge is 2.08. The molecule has 0 radical (unpaired) electrons. The summed E-state index contributed by atoms with van der Waals surface area (Å²) in [6.45, 7) is -0.0834. The number of phenols is 1. The highest BCUT2D eigenvalue weighted by Crippen LogP contribution is 2.32. The van der Waals surface area contributed by atoms with Crippen molar-refractivity contribution in [1.29, 1.82) is 0 Å². The number of nitrogen functional groups attached to an aromatic ring is 2. The zero-order chi connectivity index (χ0) is 15.4. The molecule has 6 nitrogen and oxygen atoms in total. The van der Waals surface area contributed by atoms with Crippen LogP contribution in [0.15, 0.2) is 36.4 Å². The summed E-state index contributed by atoms with van der Waals surface area (Å²) in [7, 11) is 0. The maximum Gasteiger partial charge on any atom is 0.118 e. The summed E-state index contributed by atoms with van der Waals surface area (Å²) in [5, 5.41) is 30.8. The van der Waals surface area contributed by atoms with Crippen LogP contribution in [-0.2, 0) is 0 Å². The fourth-order valence-electron chi connectivity index (χ4n) is 2.01. The molecule has 0 saturated heterocycles. The molecule has 1 unspecified atom stereocenters. The van der Waals surface area contributed by atoms with Crippen molar-refractivity contribution in [3.05, 3.63) is 36.4 Å². The van der Waals surface area contributed by atoms with Crippen LogP contribution < -0.4 is 16.8 Å². The first-order valence-electron chi connectivity index (χ1n) is 6.52. The number of rotatable bonds is 5. The van der Waals surface area contributed by atoms with Gasteiger partial charge < -0.3 is 32.1 Å². The van der Waals surface area contributed by atoms with Gasteiger partial charge in [-0.25, -0.2) is 0 Å². The van der Waals surface area contributed by atoms with Crippen LogP contribution in [0.1, 0.15) is 0 Å². The van der Waals surface area contributed by atoms with Gasteiger partial charge in [0.25, 0.3) is 0 Å². The average molecular weight is 289 g/mol. The molecule has 0 aromatic heterocycles. The summed E-state index contributed by atoms with van der Waals surface area (Å²) in [5.41, 5.74) is 14.9. The van der Waals surface area contributed by atoms with Crippen molar-refractivity contribution < 1.29 is 15.3 Å². The van der Waals surface area contributed by atoms with Gasteiger partial charge in [-0.2, -0.15) is 0 Å². The fraction of sp³-hybridized carbons (Fsp3) is 0.200. The predicted octanol–water partition coefficient (Wildman–Crippen LogP) is 0.989. The van der Waals surface area contributed by atoms with Gasteiger partial charge in [0.15, 0.2) is 0 Å². The van der Waals surface area contributed by atoms with Crippen molar-refractivity contribution >= 4 is 17.1 Å². The Labute approximate surface area is 122 Å². The molecule has 0 fully saturated rings. The first-order chi connectivity index (χ1) is 9.99. The first-order valence-corrected chi connectivity index (χ1v) is 6.52. The molecule has 6 heteroatoms. The van der Waals surface area contributed by atoms with Crippen LogP contribution in [0.4, 0.5) is 17.1 Å². The number of hydrogen-bond acceptors (Lipinski definition) is 6. The summed E-state index contributed by atoms with van der Waals surface area (Å²) in [4.78, 5) is 0. The Hall–Kier alpha value is -2.44. The number of aliphatic hydroxyl groups is 2. The third kappa shape index (κ3) is 3.77. The molecule has 0 aliphatic carbocycles. The van der Waals surface area contributed by atoms with Crippen LogP contribution in [0.2, 0.25) is 0 Å². The molecule has 0 spiro atoms. The third-order valence-electron chi connectivity index (χ3n) is 3.06. The van der Waals surface area contributed by atoms with E-state index in [-0.39, 0.29) is 18.9 Å². The molecule has 21 heavy (non-hydrogen) atoms. The number of nitrogens with two attached hydrogens (primary N) is 2. The normalized spacial score (nSPS) is 12.1. The van der Waals surface area contributed by atoms with E-state index in [4.69, 9.17) is 16.6 Å². The lowest BCUT2D eigenvalue weighted by Gasteiger charge is -2.13. The van der Waals surface area contributed by atoms with Crippen molar-refractivity contribution in [3.8, 4) is 16.9 Å². The fourth-order valence-corrected chi connectivity index (χ4v) is 2.01. The lowest BCUT2D eigenvalue weighted by atomic mass is 10.0. The van der Waals surface area contributed by atoms with Crippen molar-refractivity contribution in [2.45, 2.75) is 6.10 Å². The quantitative estimate of drug-likeness (QED) is 0.456. The molecule has 0 aliphatic rings. The molecule has 0 bridgehead atoms. The number of anilines is 3. The highest BCUT2D eigenvalue weighted by molar-refractivity contribution is 5.81. The van der Waals surface area contributed by atoms with E-state index in [0.717, 1.165) is 11.3 Å². The van der Waals surface area contributed by atoms with Gasteiger partial charge >= 0.3 is 0 Å². The molecule has 0 amide bonds. The van der Waals surface area contributed by atoms with E-state index >= 15 is 0 Å². The Kier molecular flexibility index (Phi) is 4.52. The van der Waals surface area contributed by atoms with Crippen molar-refractivity contribution in [2.24, 2.45) is 0 Å². The number of hydrogen-bond donors (Lipinski definition) is 6. The van der Waals surface area contributed by atoms with Gasteiger partial charge in [0, 0.05) is 35.2 Å². The summed E-state index contributed by atoms with van der Waals surface area (Å²) >= 11 is 0. The number of aliphatic hydroxyl groups excluding tert-OH is 2. The van der Waals surface area contributed by atoms with E-state index in [1.165, 1.54) is 6.07 Å². The standard InChI is InChI=1S/C15H19N3O3/c16-10-3-9(4-12(20)5-10)14-6-11(1-2-15(14)17)18-7-13(21)8-19/h1-6,13,18-21H,7-8,16-17H2. The van der Waals surface area contributed by atoms with Crippen LogP contribution in [0.3, 0.4) is 0 Å². The Balaban J connectivity index is 2.30. The molecule has 2 aromatic carbocycles. The average Bonchev–Trinajstić information content (AvgIpc) is 2.45. The first kappa shape index (κ1) is 15.0. The summed E-state index contributed by atoms with van der Waals surface area (Å²) in [6.07, 6.45) is -0.831. The highest BCUT2D eigenvalue weighted by atomic mass is 16.3. The molecule has 1 atom stereocenters. The SMILES string of the molecule is Nc1cc(O)cc(-c2cc(NCC(O)CO)ccc2N)c1. The number of aromatic hydroxyl groups is 1. The molecule has 0 aliphatic heterocycles. The predicted molar refractivity (Wildman–Crippen MR) is 83.9 cm³/mol. The molecule has 2 aromatic rings. The van der Waals surface area contributed by atoms with E-state index in [1.807, 2.05) is 0 Å². The van der Waals surface area contributed by atoms with Gasteiger partial charge in [-0.15, -0.1) is 0 Å². The van der Waals surface area contributed by atoms with Crippen molar-refractivity contribution in [1.82, 2.24) is 0 Å². The maximum atomic E-state index is 9.63.